The van der Waals surface area contributed by atoms with Gasteiger partial charge < -0.3 is 15.4 Å². The lowest BCUT2D eigenvalue weighted by Gasteiger charge is -2.34. The highest BCUT2D eigenvalue weighted by Crippen LogP contribution is 2.16. The summed E-state index contributed by atoms with van der Waals surface area (Å²) >= 11 is 0. The number of carbonyl (C=O) groups excluding carboxylic acids is 1. The number of nitrogens with zero attached hydrogens (tertiary/aromatic N) is 2. The Bertz CT molecular complexity index is 418. The lowest BCUT2D eigenvalue weighted by atomic mass is 10.0. The minimum Gasteiger partial charge on any atom is -0.379 e. The average Bonchev–Trinajstić information content (AvgIpc) is 2.73. The van der Waals surface area contributed by atoms with Gasteiger partial charge in [0.15, 0.2) is 0 Å². The van der Waals surface area contributed by atoms with E-state index in [1.165, 1.54) is 4.31 Å². The summed E-state index contributed by atoms with van der Waals surface area (Å²) in [6.07, 6.45) is 0. The largest absolute Gasteiger partial charge is 0.379 e. The third kappa shape index (κ3) is 2.81. The standard InChI is InChI=1S/C9H18N4O4S/c10-8-6-17-5-7(8)9(14)12-1-3-13(4-2-12)18(11,15)16/h7-8H,1-6,10H2,(H2,11,15,16). The third-order valence-corrected chi connectivity index (χ3v) is 4.44. The van der Waals surface area contributed by atoms with Crippen molar-refractivity contribution in [2.45, 2.75) is 6.04 Å². The van der Waals surface area contributed by atoms with E-state index in [2.05, 4.69) is 0 Å². The molecule has 0 spiro atoms. The van der Waals surface area contributed by atoms with Crippen LogP contribution in [-0.2, 0) is 19.7 Å². The van der Waals surface area contributed by atoms with Crippen molar-refractivity contribution < 1.29 is 17.9 Å². The molecule has 2 aliphatic rings. The van der Waals surface area contributed by atoms with E-state index >= 15 is 0 Å². The fourth-order valence-corrected chi connectivity index (χ4v) is 2.89. The molecule has 2 unspecified atom stereocenters. The van der Waals surface area contributed by atoms with E-state index in [1.807, 2.05) is 0 Å². The fourth-order valence-electron chi connectivity index (χ4n) is 2.22. The molecule has 0 aliphatic carbocycles. The Hall–Kier alpha value is -0.740. The Labute approximate surface area is 106 Å². The molecule has 0 aromatic heterocycles. The van der Waals surface area contributed by atoms with Crippen LogP contribution in [0.2, 0.25) is 0 Å². The Morgan fingerprint density at radius 2 is 1.78 bits per heavy atom. The van der Waals surface area contributed by atoms with Gasteiger partial charge in [0.1, 0.15) is 0 Å². The summed E-state index contributed by atoms with van der Waals surface area (Å²) in [6, 6.07) is -0.270. The summed E-state index contributed by atoms with van der Waals surface area (Å²) in [4.78, 5) is 13.8. The van der Waals surface area contributed by atoms with Gasteiger partial charge in [0.2, 0.25) is 5.91 Å². The lowest BCUT2D eigenvalue weighted by molar-refractivity contribution is -0.137. The molecule has 2 rings (SSSR count). The van der Waals surface area contributed by atoms with Crippen LogP contribution in [0.25, 0.3) is 0 Å². The number of carbonyl (C=O) groups is 1. The van der Waals surface area contributed by atoms with E-state index in [1.54, 1.807) is 4.90 Å². The van der Waals surface area contributed by atoms with Crippen molar-refractivity contribution >= 4 is 16.1 Å². The first-order valence-corrected chi connectivity index (χ1v) is 7.30. The van der Waals surface area contributed by atoms with Crippen LogP contribution in [-0.4, -0.2) is 69.0 Å². The number of ether oxygens (including phenoxy) is 1. The SMILES string of the molecule is NC1COCC1C(=O)N1CCN(S(N)(=O)=O)CC1. The van der Waals surface area contributed by atoms with Gasteiger partial charge in [-0.05, 0) is 0 Å². The van der Waals surface area contributed by atoms with Gasteiger partial charge >= 0.3 is 0 Å². The zero-order valence-electron chi connectivity index (χ0n) is 9.99. The highest BCUT2D eigenvalue weighted by molar-refractivity contribution is 7.86. The molecule has 8 nitrogen and oxygen atoms in total. The fraction of sp³-hybridized carbons (Fsp3) is 0.889. The molecule has 9 heteroatoms. The van der Waals surface area contributed by atoms with E-state index in [0.29, 0.717) is 26.3 Å². The van der Waals surface area contributed by atoms with Gasteiger partial charge in [0.25, 0.3) is 10.2 Å². The van der Waals surface area contributed by atoms with Gasteiger partial charge in [-0.15, -0.1) is 0 Å². The second-order valence-electron chi connectivity index (χ2n) is 4.58. The van der Waals surface area contributed by atoms with Gasteiger partial charge in [-0.3, -0.25) is 4.79 Å². The Balaban J connectivity index is 1.92. The molecule has 18 heavy (non-hydrogen) atoms. The van der Waals surface area contributed by atoms with Gasteiger partial charge in [-0.25, -0.2) is 5.14 Å². The lowest BCUT2D eigenvalue weighted by Crippen LogP contribution is -2.54. The van der Waals surface area contributed by atoms with E-state index in [0.717, 1.165) is 0 Å². The topological polar surface area (TPSA) is 119 Å². The summed E-state index contributed by atoms with van der Waals surface area (Å²) in [7, 11) is -3.66. The molecule has 2 saturated heterocycles. The maximum Gasteiger partial charge on any atom is 0.277 e. The van der Waals surface area contributed by atoms with E-state index in [-0.39, 0.29) is 31.0 Å². The van der Waals surface area contributed by atoms with Gasteiger partial charge in [0.05, 0.1) is 19.1 Å². The molecule has 2 aliphatic heterocycles. The molecule has 0 saturated carbocycles. The van der Waals surface area contributed by atoms with Gasteiger partial charge in [0, 0.05) is 32.2 Å². The molecule has 0 aromatic rings. The zero-order chi connectivity index (χ0) is 13.3. The average molecular weight is 278 g/mol. The third-order valence-electron chi connectivity index (χ3n) is 3.35. The van der Waals surface area contributed by atoms with Gasteiger partial charge in [-0.2, -0.15) is 12.7 Å². The normalized spacial score (nSPS) is 30.7. The van der Waals surface area contributed by atoms with Crippen molar-refractivity contribution in [1.82, 2.24) is 9.21 Å². The molecule has 4 N–H and O–H groups in total. The smallest absolute Gasteiger partial charge is 0.277 e. The van der Waals surface area contributed by atoms with Crippen molar-refractivity contribution in [2.75, 3.05) is 39.4 Å². The second-order valence-corrected chi connectivity index (χ2v) is 6.12. The van der Waals surface area contributed by atoms with Crippen LogP contribution in [0.3, 0.4) is 0 Å². The summed E-state index contributed by atoms with van der Waals surface area (Å²) < 4.78 is 28.6. The van der Waals surface area contributed by atoms with Crippen LogP contribution < -0.4 is 10.9 Å². The monoisotopic (exact) mass is 278 g/mol. The Kier molecular flexibility index (Phi) is 3.87. The van der Waals surface area contributed by atoms with E-state index in [9.17, 15) is 13.2 Å². The van der Waals surface area contributed by atoms with Crippen LogP contribution in [0, 0.1) is 5.92 Å². The predicted octanol–water partition coefficient (Wildman–Crippen LogP) is -2.69. The molecular weight excluding hydrogens is 260 g/mol. The van der Waals surface area contributed by atoms with Crippen LogP contribution in [0.5, 0.6) is 0 Å². The molecule has 0 aromatic carbocycles. The highest BCUT2D eigenvalue weighted by atomic mass is 32.2. The maximum absolute atomic E-state index is 12.1. The first-order chi connectivity index (χ1) is 8.39. The minimum absolute atomic E-state index is 0.0610. The molecule has 0 bridgehead atoms. The van der Waals surface area contributed by atoms with Crippen LogP contribution in [0.1, 0.15) is 0 Å². The van der Waals surface area contributed by atoms with Crippen molar-refractivity contribution in [3.05, 3.63) is 0 Å². The molecule has 1 amide bonds. The van der Waals surface area contributed by atoms with Crippen molar-refractivity contribution in [2.24, 2.45) is 16.8 Å². The highest BCUT2D eigenvalue weighted by Gasteiger charge is 2.36. The first kappa shape index (κ1) is 13.7. The predicted molar refractivity (Wildman–Crippen MR) is 63.5 cm³/mol. The summed E-state index contributed by atoms with van der Waals surface area (Å²) in [5.74, 6) is -0.375. The number of hydrogen-bond acceptors (Lipinski definition) is 5. The summed E-state index contributed by atoms with van der Waals surface area (Å²) in [5, 5.41) is 5.03. The Morgan fingerprint density at radius 3 is 2.22 bits per heavy atom. The number of piperazine rings is 1. The van der Waals surface area contributed by atoms with Crippen molar-refractivity contribution in [1.29, 1.82) is 0 Å². The number of hydrogen-bond donors (Lipinski definition) is 2. The van der Waals surface area contributed by atoms with Crippen molar-refractivity contribution in [3.8, 4) is 0 Å². The number of amides is 1. The first-order valence-electron chi connectivity index (χ1n) is 5.79. The van der Waals surface area contributed by atoms with Crippen LogP contribution in [0.4, 0.5) is 0 Å². The number of rotatable bonds is 2. The van der Waals surface area contributed by atoms with Crippen molar-refractivity contribution in [3.63, 3.8) is 0 Å². The quantitative estimate of drug-likeness (QED) is 0.570. The van der Waals surface area contributed by atoms with Crippen LogP contribution in [0.15, 0.2) is 0 Å². The maximum atomic E-state index is 12.1. The molecule has 104 valence electrons. The van der Waals surface area contributed by atoms with E-state index < -0.39 is 10.2 Å². The number of nitrogens with two attached hydrogens (primary N) is 2. The van der Waals surface area contributed by atoms with Gasteiger partial charge in [-0.1, -0.05) is 0 Å². The molecule has 2 heterocycles. The minimum atomic E-state index is -3.66. The second kappa shape index (κ2) is 5.10. The van der Waals surface area contributed by atoms with Crippen LogP contribution >= 0.6 is 0 Å². The Morgan fingerprint density at radius 1 is 1.17 bits per heavy atom. The summed E-state index contributed by atoms with van der Waals surface area (Å²) in [6.45, 7) is 1.89. The molecule has 2 atom stereocenters. The molecular formula is C9H18N4O4S. The zero-order valence-corrected chi connectivity index (χ0v) is 10.8. The molecule has 2 fully saturated rings. The van der Waals surface area contributed by atoms with E-state index in [4.69, 9.17) is 15.6 Å². The summed E-state index contributed by atoms with van der Waals surface area (Å²) in [5.41, 5.74) is 5.78. The molecule has 0 radical (unpaired) electrons.